The predicted molar refractivity (Wildman–Crippen MR) is 261 cm³/mol. The number of hydrogen-bond donors (Lipinski definition) is 0. The third kappa shape index (κ3) is 47.7. The average molecular weight is 851 g/mol. The monoisotopic (exact) mass is 851 g/mol. The summed E-state index contributed by atoms with van der Waals surface area (Å²) in [5, 5.41) is 0. The number of hydrogen-bond acceptors (Lipinski definition) is 6. The van der Waals surface area contributed by atoms with E-state index in [4.69, 9.17) is 14.2 Å². The molecule has 0 saturated heterocycles. The largest absolute Gasteiger partial charge is 0.462 e. The van der Waals surface area contributed by atoms with Crippen molar-refractivity contribution in [2.45, 2.75) is 245 Å². The van der Waals surface area contributed by atoms with Crippen molar-refractivity contribution in [3.63, 3.8) is 0 Å². The third-order valence-corrected chi connectivity index (χ3v) is 10.7. The van der Waals surface area contributed by atoms with Gasteiger partial charge in [0.15, 0.2) is 6.10 Å². The fraction of sp³-hybridized carbons (Fsp3) is 0.727. The van der Waals surface area contributed by atoms with Crippen LogP contribution in [0.15, 0.2) is 72.9 Å². The highest BCUT2D eigenvalue weighted by molar-refractivity contribution is 5.71. The Labute approximate surface area is 376 Å². The molecule has 61 heavy (non-hydrogen) atoms. The second-order valence-corrected chi connectivity index (χ2v) is 16.7. The van der Waals surface area contributed by atoms with Crippen LogP contribution in [0.2, 0.25) is 0 Å². The second kappa shape index (κ2) is 49.5. The molecule has 0 amide bonds. The maximum absolute atomic E-state index is 12.8. The molecule has 0 spiro atoms. The zero-order valence-corrected chi connectivity index (χ0v) is 39.9. The zero-order chi connectivity index (χ0) is 44.4. The maximum atomic E-state index is 12.8. The van der Waals surface area contributed by atoms with E-state index < -0.39 is 6.10 Å². The second-order valence-electron chi connectivity index (χ2n) is 16.7. The lowest BCUT2D eigenvalue weighted by Crippen LogP contribution is -2.30. The van der Waals surface area contributed by atoms with Gasteiger partial charge in [0.05, 0.1) is 0 Å². The smallest absolute Gasteiger partial charge is 0.306 e. The van der Waals surface area contributed by atoms with Crippen molar-refractivity contribution in [3.8, 4) is 0 Å². The highest BCUT2D eigenvalue weighted by Crippen LogP contribution is 2.15. The van der Waals surface area contributed by atoms with Gasteiger partial charge in [-0.15, -0.1) is 0 Å². The van der Waals surface area contributed by atoms with Crippen molar-refractivity contribution in [1.29, 1.82) is 0 Å². The molecule has 0 aromatic carbocycles. The molecule has 0 N–H and O–H groups in total. The number of unbranched alkanes of at least 4 members (excludes halogenated alkanes) is 22. The number of allylic oxidation sites excluding steroid dienone is 12. The first kappa shape index (κ1) is 57.9. The molecule has 0 aromatic rings. The minimum absolute atomic E-state index is 0.103. The summed E-state index contributed by atoms with van der Waals surface area (Å²) in [5.41, 5.74) is 0. The summed E-state index contributed by atoms with van der Waals surface area (Å²) < 4.78 is 16.7. The zero-order valence-electron chi connectivity index (χ0n) is 39.9. The van der Waals surface area contributed by atoms with Gasteiger partial charge in [-0.2, -0.15) is 0 Å². The van der Waals surface area contributed by atoms with Gasteiger partial charge in [-0.05, 0) is 77.0 Å². The summed E-state index contributed by atoms with van der Waals surface area (Å²) in [7, 11) is 0. The Kier molecular flexibility index (Phi) is 46.9. The van der Waals surface area contributed by atoms with Gasteiger partial charge in [0.25, 0.3) is 0 Å². The van der Waals surface area contributed by atoms with Crippen LogP contribution in [0.3, 0.4) is 0 Å². The van der Waals surface area contributed by atoms with Crippen LogP contribution in [0, 0.1) is 0 Å². The SMILES string of the molecule is CC/C=C\C/C=C\C/C=C\C/C=C\CCC(=O)OCC(COC(=O)CCCCCCC/C=C\C/C=C\CCCCC)OC(=O)CCCCCCCCCCCCCCCCC. The van der Waals surface area contributed by atoms with E-state index in [1.54, 1.807) is 0 Å². The number of ether oxygens (including phenoxy) is 3. The van der Waals surface area contributed by atoms with E-state index in [-0.39, 0.29) is 37.5 Å². The van der Waals surface area contributed by atoms with Crippen LogP contribution in [0.5, 0.6) is 0 Å². The Hall–Kier alpha value is -3.15. The summed E-state index contributed by atoms with van der Waals surface area (Å²) >= 11 is 0. The molecule has 0 radical (unpaired) electrons. The molecule has 0 fully saturated rings. The van der Waals surface area contributed by atoms with Crippen molar-refractivity contribution >= 4 is 17.9 Å². The Morgan fingerprint density at radius 3 is 1.13 bits per heavy atom. The van der Waals surface area contributed by atoms with Crippen LogP contribution >= 0.6 is 0 Å². The lowest BCUT2D eigenvalue weighted by molar-refractivity contribution is -0.166. The summed E-state index contributed by atoms with van der Waals surface area (Å²) in [6, 6.07) is 0. The van der Waals surface area contributed by atoms with E-state index in [1.165, 1.54) is 103 Å². The van der Waals surface area contributed by atoms with Gasteiger partial charge in [-0.3, -0.25) is 14.4 Å². The summed E-state index contributed by atoms with van der Waals surface area (Å²) in [4.78, 5) is 37.9. The van der Waals surface area contributed by atoms with Crippen LogP contribution < -0.4 is 0 Å². The average Bonchev–Trinajstić information content (AvgIpc) is 3.26. The van der Waals surface area contributed by atoms with Gasteiger partial charge in [0.2, 0.25) is 0 Å². The molecule has 0 aromatic heterocycles. The fourth-order valence-electron chi connectivity index (χ4n) is 6.90. The fourth-order valence-corrected chi connectivity index (χ4v) is 6.90. The molecule has 0 saturated carbocycles. The molecule has 6 nitrogen and oxygen atoms in total. The Bertz CT molecular complexity index is 1160. The van der Waals surface area contributed by atoms with Gasteiger partial charge in [-0.25, -0.2) is 0 Å². The first-order valence-electron chi connectivity index (χ1n) is 25.4. The number of carbonyl (C=O) groups excluding carboxylic acids is 3. The number of esters is 3. The molecule has 0 bridgehead atoms. The maximum Gasteiger partial charge on any atom is 0.306 e. The first-order chi connectivity index (χ1) is 30.0. The standard InChI is InChI=1S/C55H94O6/c1-4-7-10-13-16-19-22-25-27-30-33-36-39-42-45-48-54(57)60-51-52(50-59-53(56)47-44-41-38-35-32-29-24-21-18-15-12-9-6-3)61-55(58)49-46-43-40-37-34-31-28-26-23-20-17-14-11-8-5-2/h9,12,16,18-19,21,25,27,29,32,38,41,52H,4-8,10-11,13-15,17,20,22-24,26,28,30-31,33-37,39-40,42-51H2,1-3H3/b12-9-,19-16-,21-18-,27-25-,32-29-,41-38-. The normalized spacial score (nSPS) is 12.6. The topological polar surface area (TPSA) is 78.9 Å². The Balaban J connectivity index is 4.47. The highest BCUT2D eigenvalue weighted by Gasteiger charge is 2.19. The van der Waals surface area contributed by atoms with Crippen LogP contribution in [0.4, 0.5) is 0 Å². The van der Waals surface area contributed by atoms with E-state index in [0.717, 1.165) is 89.9 Å². The van der Waals surface area contributed by atoms with Gasteiger partial charge >= 0.3 is 17.9 Å². The number of rotatable bonds is 45. The molecule has 350 valence electrons. The predicted octanol–water partition coefficient (Wildman–Crippen LogP) is 16.6. The van der Waals surface area contributed by atoms with Crippen LogP contribution in [-0.2, 0) is 28.6 Å². The van der Waals surface area contributed by atoms with Gasteiger partial charge in [0.1, 0.15) is 13.2 Å². The molecular weight excluding hydrogens is 757 g/mol. The lowest BCUT2D eigenvalue weighted by atomic mass is 10.0. The van der Waals surface area contributed by atoms with Gasteiger partial charge in [0, 0.05) is 19.3 Å². The molecule has 0 aliphatic heterocycles. The third-order valence-electron chi connectivity index (χ3n) is 10.7. The first-order valence-corrected chi connectivity index (χ1v) is 25.4. The van der Waals surface area contributed by atoms with E-state index in [2.05, 4.69) is 81.5 Å². The van der Waals surface area contributed by atoms with Crippen molar-refractivity contribution in [2.24, 2.45) is 0 Å². The van der Waals surface area contributed by atoms with Crippen molar-refractivity contribution in [2.75, 3.05) is 13.2 Å². The van der Waals surface area contributed by atoms with Crippen molar-refractivity contribution < 1.29 is 28.6 Å². The number of carbonyl (C=O) groups is 3. The Morgan fingerprint density at radius 2 is 0.672 bits per heavy atom. The molecule has 6 heteroatoms. The van der Waals surface area contributed by atoms with Crippen molar-refractivity contribution in [3.05, 3.63) is 72.9 Å². The minimum atomic E-state index is -0.807. The van der Waals surface area contributed by atoms with Crippen LogP contribution in [0.25, 0.3) is 0 Å². The molecule has 1 unspecified atom stereocenters. The molecule has 0 aliphatic carbocycles. The summed E-state index contributed by atoms with van der Waals surface area (Å²) in [6.45, 7) is 6.42. The quantitative estimate of drug-likeness (QED) is 0.0263. The van der Waals surface area contributed by atoms with Crippen LogP contribution in [0.1, 0.15) is 239 Å². The van der Waals surface area contributed by atoms with Gasteiger partial charge < -0.3 is 14.2 Å². The highest BCUT2D eigenvalue weighted by atomic mass is 16.6. The summed E-state index contributed by atoms with van der Waals surface area (Å²) in [6.07, 6.45) is 61.8. The van der Waals surface area contributed by atoms with Crippen LogP contribution in [-0.4, -0.2) is 37.2 Å². The summed E-state index contributed by atoms with van der Waals surface area (Å²) in [5.74, 6) is -0.998. The van der Waals surface area contributed by atoms with E-state index >= 15 is 0 Å². The molecule has 1 atom stereocenters. The molecule has 0 heterocycles. The van der Waals surface area contributed by atoms with Crippen molar-refractivity contribution in [1.82, 2.24) is 0 Å². The Morgan fingerprint density at radius 1 is 0.344 bits per heavy atom. The van der Waals surface area contributed by atoms with Gasteiger partial charge in [-0.1, -0.05) is 216 Å². The molecule has 0 rings (SSSR count). The molecule has 0 aliphatic rings. The van der Waals surface area contributed by atoms with E-state index in [0.29, 0.717) is 19.3 Å². The lowest BCUT2D eigenvalue weighted by Gasteiger charge is -2.18. The molecular formula is C55H94O6. The minimum Gasteiger partial charge on any atom is -0.462 e. The van der Waals surface area contributed by atoms with E-state index in [1.807, 2.05) is 12.2 Å². The van der Waals surface area contributed by atoms with E-state index in [9.17, 15) is 14.4 Å².